The topological polar surface area (TPSA) is 58.4 Å². The van der Waals surface area contributed by atoms with Crippen molar-refractivity contribution >= 4 is 24.4 Å². The Morgan fingerprint density at radius 1 is 0.808 bits per heavy atom. The van der Waals surface area contributed by atoms with Gasteiger partial charge in [0.1, 0.15) is 12.7 Å². The third kappa shape index (κ3) is 3.83. The number of hydrogen-bond acceptors (Lipinski definition) is 5. The Morgan fingerprint density at radius 3 is 1.69 bits per heavy atom. The van der Waals surface area contributed by atoms with Crippen LogP contribution in [-0.4, -0.2) is 33.7 Å². The van der Waals surface area contributed by atoms with Gasteiger partial charge in [-0.05, 0) is 49.4 Å². The van der Waals surface area contributed by atoms with Gasteiger partial charge in [-0.15, -0.1) is 0 Å². The van der Waals surface area contributed by atoms with Gasteiger partial charge in [0.2, 0.25) is 9.54 Å². The van der Waals surface area contributed by atoms with Gasteiger partial charge < -0.3 is 9.13 Å². The summed E-state index contributed by atoms with van der Waals surface area (Å²) in [6.07, 6.45) is 7.88. The SMILES string of the molecule is CCCCn1cnn(-c2cccc(-n3ncn(CCCC)c3=S)n2)c1=S. The Bertz CT molecular complexity index is 904. The zero-order chi connectivity index (χ0) is 18.5. The number of pyridine rings is 1. The van der Waals surface area contributed by atoms with Crippen LogP contribution < -0.4 is 0 Å². The first-order valence-electron chi connectivity index (χ1n) is 8.92. The van der Waals surface area contributed by atoms with Crippen LogP contribution in [-0.2, 0) is 13.1 Å². The molecule has 0 amide bonds. The summed E-state index contributed by atoms with van der Waals surface area (Å²) in [6, 6.07) is 5.68. The van der Waals surface area contributed by atoms with E-state index in [-0.39, 0.29) is 0 Å². The predicted molar refractivity (Wildman–Crippen MR) is 106 cm³/mol. The Hall–Kier alpha value is -2.13. The molecular formula is C17H23N7S2. The second kappa shape index (κ2) is 8.50. The summed E-state index contributed by atoms with van der Waals surface area (Å²) in [5.74, 6) is 1.32. The fourth-order valence-corrected chi connectivity index (χ4v) is 3.15. The molecule has 3 aromatic rings. The van der Waals surface area contributed by atoms with Gasteiger partial charge >= 0.3 is 0 Å². The Labute approximate surface area is 162 Å². The first-order chi connectivity index (χ1) is 12.7. The van der Waals surface area contributed by atoms with Crippen LogP contribution in [0.3, 0.4) is 0 Å². The molecule has 0 aliphatic rings. The van der Waals surface area contributed by atoms with Crippen molar-refractivity contribution < 1.29 is 0 Å². The molecule has 26 heavy (non-hydrogen) atoms. The average molecular weight is 390 g/mol. The number of aryl methyl sites for hydroxylation is 2. The minimum atomic E-state index is 0.639. The van der Waals surface area contributed by atoms with Crippen molar-refractivity contribution in [2.75, 3.05) is 0 Å². The van der Waals surface area contributed by atoms with E-state index in [1.807, 2.05) is 27.3 Å². The summed E-state index contributed by atoms with van der Waals surface area (Å²) in [5.41, 5.74) is 0. The number of aromatic nitrogens is 7. The van der Waals surface area contributed by atoms with Crippen LogP contribution in [0.5, 0.6) is 0 Å². The van der Waals surface area contributed by atoms with Crippen molar-refractivity contribution in [3.63, 3.8) is 0 Å². The first kappa shape index (κ1) is 18.7. The van der Waals surface area contributed by atoms with E-state index in [2.05, 4.69) is 29.0 Å². The maximum Gasteiger partial charge on any atom is 0.203 e. The second-order valence-corrected chi connectivity index (χ2v) is 6.83. The van der Waals surface area contributed by atoms with E-state index in [4.69, 9.17) is 24.4 Å². The highest BCUT2D eigenvalue weighted by atomic mass is 32.1. The summed E-state index contributed by atoms with van der Waals surface area (Å²) in [7, 11) is 0. The van der Waals surface area contributed by atoms with Gasteiger partial charge in [0, 0.05) is 13.1 Å². The molecule has 7 nitrogen and oxygen atoms in total. The summed E-state index contributed by atoms with van der Waals surface area (Å²) < 4.78 is 8.56. The van der Waals surface area contributed by atoms with E-state index in [1.165, 1.54) is 0 Å². The lowest BCUT2D eigenvalue weighted by molar-refractivity contribution is 0.618. The Morgan fingerprint density at radius 2 is 1.27 bits per heavy atom. The molecule has 3 rings (SSSR count). The average Bonchev–Trinajstić information content (AvgIpc) is 3.21. The monoisotopic (exact) mass is 389 g/mol. The van der Waals surface area contributed by atoms with E-state index in [0.717, 1.165) is 38.8 Å². The van der Waals surface area contributed by atoms with Crippen molar-refractivity contribution in [1.82, 2.24) is 33.7 Å². The molecule has 0 saturated carbocycles. The van der Waals surface area contributed by atoms with Crippen LogP contribution in [0, 0.1) is 9.54 Å². The van der Waals surface area contributed by atoms with Gasteiger partial charge in [-0.3, -0.25) is 0 Å². The van der Waals surface area contributed by atoms with Crippen LogP contribution >= 0.6 is 24.4 Å². The van der Waals surface area contributed by atoms with Gasteiger partial charge in [-0.25, -0.2) is 4.98 Å². The molecule has 138 valence electrons. The van der Waals surface area contributed by atoms with Gasteiger partial charge in [-0.2, -0.15) is 19.6 Å². The lowest BCUT2D eigenvalue weighted by Crippen LogP contribution is -2.07. The second-order valence-electron chi connectivity index (χ2n) is 6.10. The van der Waals surface area contributed by atoms with Gasteiger partial charge in [0.25, 0.3) is 0 Å². The van der Waals surface area contributed by atoms with E-state index in [0.29, 0.717) is 21.2 Å². The molecule has 0 aromatic carbocycles. The van der Waals surface area contributed by atoms with E-state index < -0.39 is 0 Å². The van der Waals surface area contributed by atoms with Crippen LogP contribution in [0.4, 0.5) is 0 Å². The van der Waals surface area contributed by atoms with Gasteiger partial charge in [0.05, 0.1) is 0 Å². The van der Waals surface area contributed by atoms with E-state index in [1.54, 1.807) is 22.0 Å². The molecule has 0 bridgehead atoms. The molecule has 0 N–H and O–H groups in total. The zero-order valence-electron chi connectivity index (χ0n) is 15.1. The van der Waals surface area contributed by atoms with E-state index >= 15 is 0 Å². The molecule has 0 aliphatic carbocycles. The Kier molecular flexibility index (Phi) is 6.10. The van der Waals surface area contributed by atoms with E-state index in [9.17, 15) is 0 Å². The van der Waals surface area contributed by atoms with Crippen LogP contribution in [0.15, 0.2) is 30.9 Å². The lowest BCUT2D eigenvalue weighted by Gasteiger charge is -2.05. The predicted octanol–water partition coefficient (Wildman–Crippen LogP) is 4.12. The standard InChI is InChI=1S/C17H23N7S2/c1-3-5-10-21-12-18-23(16(21)25)14-8-7-9-15(20-14)24-17(26)22(13-19-24)11-6-4-2/h7-9,12-13H,3-6,10-11H2,1-2H3. The number of hydrogen-bond donors (Lipinski definition) is 0. The molecule has 0 saturated heterocycles. The van der Waals surface area contributed by atoms with Crippen molar-refractivity contribution in [3.8, 4) is 11.6 Å². The number of unbranched alkanes of at least 4 members (excludes halogenated alkanes) is 2. The number of nitrogens with zero attached hydrogens (tertiary/aromatic N) is 7. The third-order valence-electron chi connectivity index (χ3n) is 4.13. The number of rotatable bonds is 8. The fourth-order valence-electron chi connectivity index (χ4n) is 2.59. The molecule has 0 fully saturated rings. The molecule has 0 spiro atoms. The van der Waals surface area contributed by atoms with Gasteiger partial charge in [-0.1, -0.05) is 32.8 Å². The minimum absolute atomic E-state index is 0.639. The highest BCUT2D eigenvalue weighted by molar-refractivity contribution is 7.71. The summed E-state index contributed by atoms with van der Waals surface area (Å²) in [5, 5.41) is 8.79. The maximum absolute atomic E-state index is 5.53. The smallest absolute Gasteiger partial charge is 0.203 e. The molecule has 0 radical (unpaired) electrons. The third-order valence-corrected chi connectivity index (χ3v) is 4.94. The van der Waals surface area contributed by atoms with Crippen molar-refractivity contribution in [2.45, 2.75) is 52.6 Å². The molecule has 0 unspecified atom stereocenters. The zero-order valence-corrected chi connectivity index (χ0v) is 16.7. The van der Waals surface area contributed by atoms with Crippen molar-refractivity contribution in [1.29, 1.82) is 0 Å². The van der Waals surface area contributed by atoms with Crippen LogP contribution in [0.25, 0.3) is 11.6 Å². The van der Waals surface area contributed by atoms with Crippen molar-refractivity contribution in [3.05, 3.63) is 40.4 Å². The van der Waals surface area contributed by atoms with Gasteiger partial charge in [0.15, 0.2) is 11.6 Å². The summed E-state index contributed by atoms with van der Waals surface area (Å²) >= 11 is 11.1. The van der Waals surface area contributed by atoms with Crippen LogP contribution in [0.2, 0.25) is 0 Å². The molecule has 3 aromatic heterocycles. The first-order valence-corrected chi connectivity index (χ1v) is 9.74. The normalized spacial score (nSPS) is 11.2. The van der Waals surface area contributed by atoms with Crippen LogP contribution in [0.1, 0.15) is 39.5 Å². The highest BCUT2D eigenvalue weighted by Crippen LogP contribution is 2.11. The molecule has 0 atom stereocenters. The molecule has 3 heterocycles. The minimum Gasteiger partial charge on any atom is -0.306 e. The maximum atomic E-state index is 5.53. The molecule has 0 aliphatic heterocycles. The Balaban J connectivity index is 1.92. The highest BCUT2D eigenvalue weighted by Gasteiger charge is 2.09. The fraction of sp³-hybridized carbons (Fsp3) is 0.471. The largest absolute Gasteiger partial charge is 0.306 e. The summed E-state index contributed by atoms with van der Waals surface area (Å²) in [6.45, 7) is 6.04. The van der Waals surface area contributed by atoms with Crippen molar-refractivity contribution in [2.24, 2.45) is 0 Å². The molecular weight excluding hydrogens is 366 g/mol. The molecule has 9 heteroatoms. The quantitative estimate of drug-likeness (QED) is 0.543. The lowest BCUT2D eigenvalue weighted by atomic mass is 10.3. The summed E-state index contributed by atoms with van der Waals surface area (Å²) in [4.78, 5) is 4.66.